The Hall–Kier alpha value is -2.30. The van der Waals surface area contributed by atoms with Crippen LogP contribution in [0, 0.1) is 0 Å². The molecular formula is C24H31FN2O2. The Morgan fingerprint density at radius 1 is 1.10 bits per heavy atom. The number of aryl methyl sites for hydroxylation is 1. The molecule has 0 spiro atoms. The fourth-order valence-corrected chi connectivity index (χ4v) is 3.84. The molecule has 0 unspecified atom stereocenters. The van der Waals surface area contributed by atoms with Gasteiger partial charge in [-0.25, -0.2) is 19.2 Å². The lowest BCUT2D eigenvalue weighted by atomic mass is 9.82. The Bertz CT molecular complexity index is 768. The third-order valence-electron chi connectivity index (χ3n) is 5.78. The summed E-state index contributed by atoms with van der Waals surface area (Å²) in [5, 5.41) is 0. The number of alkyl halides is 1. The summed E-state index contributed by atoms with van der Waals surface area (Å²) >= 11 is 0. The number of hydrogen-bond donors (Lipinski definition) is 0. The Kier molecular flexibility index (Phi) is 7.73. The number of benzene rings is 1. The number of carbonyl (C=O) groups is 1. The van der Waals surface area contributed by atoms with Gasteiger partial charge in [0, 0.05) is 18.0 Å². The number of ether oxygens (including phenoxy) is 1. The van der Waals surface area contributed by atoms with Gasteiger partial charge in [-0.15, -0.1) is 0 Å². The van der Waals surface area contributed by atoms with Crippen molar-refractivity contribution in [3.05, 3.63) is 47.8 Å². The van der Waals surface area contributed by atoms with E-state index in [-0.39, 0.29) is 12.5 Å². The van der Waals surface area contributed by atoms with Gasteiger partial charge in [-0.05, 0) is 55.6 Å². The van der Waals surface area contributed by atoms with Gasteiger partial charge in [0.1, 0.15) is 6.10 Å². The summed E-state index contributed by atoms with van der Waals surface area (Å²) in [5.41, 5.74) is 3.43. The van der Waals surface area contributed by atoms with E-state index in [1.807, 2.05) is 19.3 Å². The van der Waals surface area contributed by atoms with Crippen molar-refractivity contribution in [3.63, 3.8) is 0 Å². The maximum absolute atomic E-state index is 13.8. The van der Waals surface area contributed by atoms with Crippen LogP contribution in [0.25, 0.3) is 11.4 Å². The molecule has 156 valence electrons. The van der Waals surface area contributed by atoms with Crippen LogP contribution in [0.5, 0.6) is 0 Å². The van der Waals surface area contributed by atoms with Crippen LogP contribution in [0.1, 0.15) is 75.8 Å². The molecule has 0 N–H and O–H groups in total. The number of rotatable bonds is 8. The Morgan fingerprint density at radius 3 is 2.34 bits per heavy atom. The maximum Gasteiger partial charge on any atom is 0.340 e. The minimum absolute atomic E-state index is 0.150. The number of esters is 1. The molecule has 1 atom stereocenters. The molecule has 0 saturated heterocycles. The van der Waals surface area contributed by atoms with Gasteiger partial charge >= 0.3 is 5.97 Å². The topological polar surface area (TPSA) is 52.1 Å². The van der Waals surface area contributed by atoms with Crippen LogP contribution in [-0.2, 0) is 16.0 Å². The second-order valence-corrected chi connectivity index (χ2v) is 7.91. The second-order valence-electron chi connectivity index (χ2n) is 7.91. The lowest BCUT2D eigenvalue weighted by Crippen LogP contribution is -2.28. The maximum atomic E-state index is 13.8. The molecule has 3 rings (SSSR count). The molecule has 1 aromatic carbocycles. The normalized spacial score (nSPS) is 20.2. The molecule has 1 fully saturated rings. The van der Waals surface area contributed by atoms with E-state index >= 15 is 0 Å². The van der Waals surface area contributed by atoms with Crippen LogP contribution < -0.4 is 0 Å². The molecule has 5 heteroatoms. The third-order valence-corrected chi connectivity index (χ3v) is 5.78. The Balaban J connectivity index is 1.51. The standard InChI is InChI=1S/C24H31FN2O2/c1-3-5-6-22(25)24(28)29-21-13-11-19(12-14-21)18-7-9-20(10-8-18)23-26-15-17(4-2)16-27-23/h7-10,15-16,19,21-22H,3-6,11-14H2,1-2H3/t19?,21?,22-/m0/s1. The highest BCUT2D eigenvalue weighted by Crippen LogP contribution is 2.35. The Labute approximate surface area is 172 Å². The van der Waals surface area contributed by atoms with Crippen LogP contribution >= 0.6 is 0 Å². The second kappa shape index (κ2) is 10.5. The van der Waals surface area contributed by atoms with Crippen LogP contribution in [0.4, 0.5) is 4.39 Å². The van der Waals surface area contributed by atoms with E-state index in [0.717, 1.165) is 55.5 Å². The van der Waals surface area contributed by atoms with E-state index in [4.69, 9.17) is 4.74 Å². The summed E-state index contributed by atoms with van der Waals surface area (Å²) in [5.74, 6) is 0.511. The monoisotopic (exact) mass is 398 g/mol. The van der Waals surface area contributed by atoms with Crippen molar-refractivity contribution in [3.8, 4) is 11.4 Å². The molecule has 1 heterocycles. The fraction of sp³-hybridized carbons (Fsp3) is 0.542. The molecule has 0 radical (unpaired) electrons. The fourth-order valence-electron chi connectivity index (χ4n) is 3.84. The van der Waals surface area contributed by atoms with Gasteiger partial charge in [0.2, 0.25) is 0 Å². The average Bonchev–Trinajstić information content (AvgIpc) is 2.78. The zero-order chi connectivity index (χ0) is 20.6. The molecule has 1 aliphatic rings. The summed E-state index contributed by atoms with van der Waals surface area (Å²) in [6, 6.07) is 8.44. The highest BCUT2D eigenvalue weighted by Gasteiger charge is 2.27. The summed E-state index contributed by atoms with van der Waals surface area (Å²) in [7, 11) is 0. The molecule has 29 heavy (non-hydrogen) atoms. The zero-order valence-corrected chi connectivity index (χ0v) is 17.4. The zero-order valence-electron chi connectivity index (χ0n) is 17.4. The molecule has 1 aromatic heterocycles. The highest BCUT2D eigenvalue weighted by molar-refractivity contribution is 5.74. The van der Waals surface area contributed by atoms with Crippen LogP contribution in [0.3, 0.4) is 0 Å². The molecule has 0 aliphatic heterocycles. The van der Waals surface area contributed by atoms with Crippen molar-refractivity contribution in [1.82, 2.24) is 9.97 Å². The summed E-state index contributed by atoms with van der Waals surface area (Å²) in [4.78, 5) is 20.8. The first-order valence-corrected chi connectivity index (χ1v) is 10.9. The minimum atomic E-state index is -1.48. The SMILES string of the molecule is CCCC[C@H](F)C(=O)OC1CCC(c2ccc(-c3ncc(CC)cn3)cc2)CC1. The first kappa shape index (κ1) is 21.4. The van der Waals surface area contributed by atoms with Gasteiger partial charge < -0.3 is 4.74 Å². The first-order chi connectivity index (χ1) is 14.1. The number of nitrogens with zero attached hydrogens (tertiary/aromatic N) is 2. The third kappa shape index (κ3) is 5.84. The molecule has 4 nitrogen and oxygen atoms in total. The summed E-state index contributed by atoms with van der Waals surface area (Å²) in [6.45, 7) is 4.08. The lowest BCUT2D eigenvalue weighted by Gasteiger charge is -2.29. The van der Waals surface area contributed by atoms with Gasteiger partial charge in [0.05, 0.1) is 0 Å². The molecule has 0 bridgehead atoms. The number of unbranched alkanes of at least 4 members (excludes halogenated alkanes) is 1. The summed E-state index contributed by atoms with van der Waals surface area (Å²) in [6.07, 6.45) is 8.41. The minimum Gasteiger partial charge on any atom is -0.460 e. The predicted molar refractivity (Wildman–Crippen MR) is 112 cm³/mol. The Morgan fingerprint density at radius 2 is 1.76 bits per heavy atom. The quantitative estimate of drug-likeness (QED) is 0.527. The van der Waals surface area contributed by atoms with Crippen molar-refractivity contribution in [1.29, 1.82) is 0 Å². The van der Waals surface area contributed by atoms with Gasteiger partial charge in [0.15, 0.2) is 12.0 Å². The van der Waals surface area contributed by atoms with E-state index in [1.54, 1.807) is 0 Å². The number of halogens is 1. The van der Waals surface area contributed by atoms with E-state index in [9.17, 15) is 9.18 Å². The first-order valence-electron chi connectivity index (χ1n) is 10.9. The van der Waals surface area contributed by atoms with E-state index in [2.05, 4.69) is 41.2 Å². The van der Waals surface area contributed by atoms with Crippen molar-refractivity contribution in [2.45, 2.75) is 83.4 Å². The van der Waals surface area contributed by atoms with Crippen LogP contribution in [0.15, 0.2) is 36.7 Å². The van der Waals surface area contributed by atoms with Crippen molar-refractivity contribution in [2.24, 2.45) is 0 Å². The molecule has 1 aliphatic carbocycles. The number of hydrogen-bond acceptors (Lipinski definition) is 4. The molecular weight excluding hydrogens is 367 g/mol. The number of carbonyl (C=O) groups excluding carboxylic acids is 1. The van der Waals surface area contributed by atoms with Gasteiger partial charge in [-0.2, -0.15) is 0 Å². The van der Waals surface area contributed by atoms with Crippen molar-refractivity contribution < 1.29 is 13.9 Å². The highest BCUT2D eigenvalue weighted by atomic mass is 19.1. The predicted octanol–water partition coefficient (Wildman–Crippen LogP) is 5.80. The summed E-state index contributed by atoms with van der Waals surface area (Å²) < 4.78 is 19.2. The lowest BCUT2D eigenvalue weighted by molar-refractivity contribution is -0.157. The van der Waals surface area contributed by atoms with Crippen molar-refractivity contribution >= 4 is 5.97 Å². The van der Waals surface area contributed by atoms with E-state index in [1.165, 1.54) is 5.56 Å². The van der Waals surface area contributed by atoms with Gasteiger partial charge in [-0.1, -0.05) is 51.0 Å². The largest absolute Gasteiger partial charge is 0.460 e. The molecule has 0 amide bonds. The van der Waals surface area contributed by atoms with Crippen LogP contribution in [0.2, 0.25) is 0 Å². The van der Waals surface area contributed by atoms with Crippen molar-refractivity contribution in [2.75, 3.05) is 0 Å². The van der Waals surface area contributed by atoms with E-state index in [0.29, 0.717) is 12.3 Å². The van der Waals surface area contributed by atoms with Crippen LogP contribution in [-0.4, -0.2) is 28.2 Å². The molecule has 1 saturated carbocycles. The van der Waals surface area contributed by atoms with Gasteiger partial charge in [0.25, 0.3) is 0 Å². The molecule has 2 aromatic rings. The number of aromatic nitrogens is 2. The van der Waals surface area contributed by atoms with Gasteiger partial charge in [-0.3, -0.25) is 0 Å². The van der Waals surface area contributed by atoms with E-state index < -0.39 is 12.1 Å². The average molecular weight is 399 g/mol. The smallest absolute Gasteiger partial charge is 0.340 e.